The maximum atomic E-state index is 12.3. The van der Waals surface area contributed by atoms with Crippen LogP contribution < -0.4 is 14.8 Å². The highest BCUT2D eigenvalue weighted by Crippen LogP contribution is 2.41. The van der Waals surface area contributed by atoms with Crippen LogP contribution in [0, 0.1) is 0 Å². The van der Waals surface area contributed by atoms with Crippen molar-refractivity contribution in [3.8, 4) is 11.5 Å². The minimum atomic E-state index is -0.194. The average molecular weight is 381 g/mol. The molecule has 2 aliphatic rings. The van der Waals surface area contributed by atoms with Crippen LogP contribution in [0.5, 0.6) is 11.5 Å². The zero-order valence-corrected chi connectivity index (χ0v) is 16.5. The van der Waals surface area contributed by atoms with Crippen LogP contribution in [0.4, 0.5) is 0 Å². The Kier molecular flexibility index (Phi) is 5.27. The number of carbonyl (C=O) groups is 1. The first kappa shape index (κ1) is 18.8. The SMILES string of the molecule is CC1(C)Cc2cccc(OCc3ccc(C(=O)NC[C@H]4CCCO4)cc3)c2O1. The fraction of sp³-hybridized carbons (Fsp3) is 0.435. The molecule has 4 rings (SSSR count). The van der Waals surface area contributed by atoms with Gasteiger partial charge in [0.15, 0.2) is 11.5 Å². The fourth-order valence-electron chi connectivity index (χ4n) is 3.73. The molecule has 0 bridgehead atoms. The molecule has 0 aromatic heterocycles. The van der Waals surface area contributed by atoms with Crippen LogP contribution in [0.2, 0.25) is 0 Å². The molecule has 1 saturated heterocycles. The first-order valence-corrected chi connectivity index (χ1v) is 9.93. The zero-order valence-electron chi connectivity index (χ0n) is 16.5. The molecule has 5 nitrogen and oxygen atoms in total. The Hall–Kier alpha value is -2.53. The lowest BCUT2D eigenvalue weighted by atomic mass is 10.0. The maximum absolute atomic E-state index is 12.3. The van der Waals surface area contributed by atoms with Gasteiger partial charge in [-0.05, 0) is 50.5 Å². The van der Waals surface area contributed by atoms with E-state index in [1.54, 1.807) is 0 Å². The van der Waals surface area contributed by atoms with E-state index in [-0.39, 0.29) is 17.6 Å². The number of rotatable bonds is 6. The number of ether oxygens (including phenoxy) is 3. The van der Waals surface area contributed by atoms with Gasteiger partial charge in [0.25, 0.3) is 5.91 Å². The van der Waals surface area contributed by atoms with Gasteiger partial charge in [-0.1, -0.05) is 24.3 Å². The Balaban J connectivity index is 1.33. The van der Waals surface area contributed by atoms with Gasteiger partial charge in [-0.3, -0.25) is 4.79 Å². The van der Waals surface area contributed by atoms with E-state index in [4.69, 9.17) is 14.2 Å². The Bertz CT molecular complexity index is 838. The number of carbonyl (C=O) groups excluding carboxylic acids is 1. The van der Waals surface area contributed by atoms with Crippen LogP contribution in [0.3, 0.4) is 0 Å². The molecule has 0 spiro atoms. The molecule has 2 heterocycles. The minimum Gasteiger partial charge on any atom is -0.485 e. The Morgan fingerprint density at radius 2 is 2.04 bits per heavy atom. The third kappa shape index (κ3) is 4.30. The van der Waals surface area contributed by atoms with Crippen molar-refractivity contribution >= 4 is 5.91 Å². The highest BCUT2D eigenvalue weighted by Gasteiger charge is 2.32. The summed E-state index contributed by atoms with van der Waals surface area (Å²) in [5.74, 6) is 1.54. The summed E-state index contributed by atoms with van der Waals surface area (Å²) in [5.41, 5.74) is 2.64. The standard InChI is InChI=1S/C23H27NO4/c1-23(2)13-18-5-3-7-20(21(18)28-23)27-15-16-8-10-17(11-9-16)22(25)24-14-19-6-4-12-26-19/h3,5,7-11,19H,4,6,12-15H2,1-2H3,(H,24,25)/t19-/m1/s1. The van der Waals surface area contributed by atoms with E-state index >= 15 is 0 Å². The van der Waals surface area contributed by atoms with Crippen molar-refractivity contribution in [3.63, 3.8) is 0 Å². The molecule has 0 radical (unpaired) electrons. The molecule has 0 aliphatic carbocycles. The lowest BCUT2D eigenvalue weighted by Gasteiger charge is -2.18. The molecule has 1 fully saturated rings. The number of hydrogen-bond acceptors (Lipinski definition) is 4. The molecule has 2 aliphatic heterocycles. The predicted octanol–water partition coefficient (Wildman–Crippen LogP) is 3.89. The summed E-state index contributed by atoms with van der Waals surface area (Å²) in [6, 6.07) is 13.5. The van der Waals surface area contributed by atoms with Gasteiger partial charge in [0.2, 0.25) is 0 Å². The molecule has 2 aromatic carbocycles. The summed E-state index contributed by atoms with van der Waals surface area (Å²) in [5, 5.41) is 2.94. The fourth-order valence-corrected chi connectivity index (χ4v) is 3.73. The van der Waals surface area contributed by atoms with E-state index in [1.165, 1.54) is 5.56 Å². The van der Waals surface area contributed by atoms with E-state index in [9.17, 15) is 4.79 Å². The summed E-state index contributed by atoms with van der Waals surface area (Å²) in [4.78, 5) is 12.3. The van der Waals surface area contributed by atoms with Crippen LogP contribution in [-0.2, 0) is 17.8 Å². The van der Waals surface area contributed by atoms with Crippen LogP contribution in [0.15, 0.2) is 42.5 Å². The van der Waals surface area contributed by atoms with E-state index in [1.807, 2.05) is 36.4 Å². The molecule has 1 amide bonds. The van der Waals surface area contributed by atoms with Gasteiger partial charge in [0.05, 0.1) is 6.10 Å². The monoisotopic (exact) mass is 381 g/mol. The number of fused-ring (bicyclic) bond motifs is 1. The highest BCUT2D eigenvalue weighted by atomic mass is 16.5. The summed E-state index contributed by atoms with van der Waals surface area (Å²) in [7, 11) is 0. The lowest BCUT2D eigenvalue weighted by molar-refractivity contribution is 0.0857. The van der Waals surface area contributed by atoms with Crippen LogP contribution in [0.1, 0.15) is 48.2 Å². The summed E-state index contributed by atoms with van der Waals surface area (Å²) >= 11 is 0. The van der Waals surface area contributed by atoms with Crippen molar-refractivity contribution in [2.45, 2.75) is 51.4 Å². The summed E-state index contributed by atoms with van der Waals surface area (Å²) < 4.78 is 17.6. The van der Waals surface area contributed by atoms with Crippen molar-refractivity contribution in [2.75, 3.05) is 13.2 Å². The topological polar surface area (TPSA) is 56.8 Å². The van der Waals surface area contributed by atoms with Gasteiger partial charge in [-0.2, -0.15) is 0 Å². The molecule has 5 heteroatoms. The molecular weight excluding hydrogens is 354 g/mol. The number of amides is 1. The largest absolute Gasteiger partial charge is 0.485 e. The molecule has 2 aromatic rings. The van der Waals surface area contributed by atoms with Crippen molar-refractivity contribution in [1.29, 1.82) is 0 Å². The van der Waals surface area contributed by atoms with Crippen molar-refractivity contribution in [1.82, 2.24) is 5.32 Å². The third-order valence-corrected chi connectivity index (χ3v) is 5.18. The Morgan fingerprint density at radius 3 is 2.79 bits per heavy atom. The number of nitrogens with one attached hydrogen (secondary N) is 1. The number of benzene rings is 2. The summed E-state index contributed by atoms with van der Waals surface area (Å²) in [6.45, 7) is 5.96. The summed E-state index contributed by atoms with van der Waals surface area (Å²) in [6.07, 6.45) is 3.12. The number of hydrogen-bond donors (Lipinski definition) is 1. The Labute approximate surface area is 166 Å². The van der Waals surface area contributed by atoms with E-state index < -0.39 is 0 Å². The quantitative estimate of drug-likeness (QED) is 0.825. The maximum Gasteiger partial charge on any atom is 0.251 e. The molecule has 148 valence electrons. The predicted molar refractivity (Wildman–Crippen MR) is 107 cm³/mol. The van der Waals surface area contributed by atoms with Gasteiger partial charge < -0.3 is 19.5 Å². The smallest absolute Gasteiger partial charge is 0.251 e. The molecule has 1 N–H and O–H groups in total. The van der Waals surface area contributed by atoms with E-state index in [0.717, 1.165) is 42.9 Å². The average Bonchev–Trinajstić information content (AvgIpc) is 3.31. The highest BCUT2D eigenvalue weighted by molar-refractivity contribution is 5.94. The zero-order chi connectivity index (χ0) is 19.6. The van der Waals surface area contributed by atoms with Crippen LogP contribution >= 0.6 is 0 Å². The van der Waals surface area contributed by atoms with Gasteiger partial charge in [-0.25, -0.2) is 0 Å². The molecule has 28 heavy (non-hydrogen) atoms. The van der Waals surface area contributed by atoms with Crippen molar-refractivity contribution in [2.24, 2.45) is 0 Å². The van der Waals surface area contributed by atoms with E-state index in [0.29, 0.717) is 18.7 Å². The van der Waals surface area contributed by atoms with Crippen molar-refractivity contribution < 1.29 is 19.0 Å². The second kappa shape index (κ2) is 7.84. The van der Waals surface area contributed by atoms with Crippen molar-refractivity contribution in [3.05, 3.63) is 59.2 Å². The lowest BCUT2D eigenvalue weighted by Crippen LogP contribution is -2.31. The van der Waals surface area contributed by atoms with Gasteiger partial charge in [0, 0.05) is 30.7 Å². The minimum absolute atomic E-state index is 0.0699. The normalized spacial score (nSPS) is 19.7. The number of para-hydroxylation sites is 1. The first-order valence-electron chi connectivity index (χ1n) is 9.93. The van der Waals surface area contributed by atoms with Crippen LogP contribution in [0.25, 0.3) is 0 Å². The van der Waals surface area contributed by atoms with Gasteiger partial charge >= 0.3 is 0 Å². The first-order chi connectivity index (χ1) is 13.5. The Morgan fingerprint density at radius 1 is 1.21 bits per heavy atom. The van der Waals surface area contributed by atoms with Gasteiger partial charge in [0.1, 0.15) is 12.2 Å². The molecular formula is C23H27NO4. The molecule has 0 unspecified atom stereocenters. The molecule has 1 atom stereocenters. The van der Waals surface area contributed by atoms with Crippen LogP contribution in [-0.4, -0.2) is 30.8 Å². The molecule has 0 saturated carbocycles. The second-order valence-electron chi connectivity index (χ2n) is 8.11. The van der Waals surface area contributed by atoms with Gasteiger partial charge in [-0.15, -0.1) is 0 Å². The third-order valence-electron chi connectivity index (χ3n) is 5.18. The van der Waals surface area contributed by atoms with E-state index in [2.05, 4.69) is 25.2 Å². The second-order valence-corrected chi connectivity index (χ2v) is 8.11.